The maximum absolute atomic E-state index is 13.1. The Morgan fingerprint density at radius 2 is 1.93 bits per heavy atom. The Bertz CT molecular complexity index is 1100. The highest BCUT2D eigenvalue weighted by Gasteiger charge is 2.36. The van der Waals surface area contributed by atoms with E-state index in [1.807, 2.05) is 51.1 Å². The van der Waals surface area contributed by atoms with Gasteiger partial charge in [0.05, 0.1) is 22.8 Å². The van der Waals surface area contributed by atoms with Crippen molar-refractivity contribution < 1.29 is 14.3 Å². The number of aromatic nitrogens is 2. The van der Waals surface area contributed by atoms with Crippen molar-refractivity contribution in [2.24, 2.45) is 5.73 Å². The first kappa shape index (κ1) is 19.0. The largest absolute Gasteiger partial charge is 0.443 e. The number of fused-ring (bicyclic) bond motifs is 2. The Hall–Kier alpha value is -3.35. The van der Waals surface area contributed by atoms with Crippen LogP contribution in [0.5, 0.6) is 0 Å². The van der Waals surface area contributed by atoms with E-state index < -0.39 is 17.6 Å². The molecular formula is C22H24N4O3. The Morgan fingerprint density at radius 1 is 1.17 bits per heavy atom. The summed E-state index contributed by atoms with van der Waals surface area (Å²) in [5, 5.41) is 0. The minimum atomic E-state index is -0.624. The van der Waals surface area contributed by atoms with Crippen LogP contribution in [-0.4, -0.2) is 27.6 Å². The number of benzene rings is 2. The molecule has 2 aromatic carbocycles. The number of rotatable bonds is 2. The summed E-state index contributed by atoms with van der Waals surface area (Å²) in [6.07, 6.45) is 1.06. The van der Waals surface area contributed by atoms with Gasteiger partial charge in [0.25, 0.3) is 5.91 Å². The van der Waals surface area contributed by atoms with Crippen LogP contribution in [0.15, 0.2) is 42.5 Å². The van der Waals surface area contributed by atoms with Gasteiger partial charge in [-0.25, -0.2) is 9.78 Å². The van der Waals surface area contributed by atoms with E-state index in [-0.39, 0.29) is 6.04 Å². The lowest BCUT2D eigenvalue weighted by Gasteiger charge is -2.37. The molecule has 0 saturated heterocycles. The number of carbonyl (C=O) groups is 2. The summed E-state index contributed by atoms with van der Waals surface area (Å²) in [5.74, 6) is 0.0701. The average Bonchev–Trinajstić information content (AvgIpc) is 3.09. The van der Waals surface area contributed by atoms with E-state index in [1.165, 1.54) is 0 Å². The number of amides is 2. The number of para-hydroxylation sites is 2. The summed E-state index contributed by atoms with van der Waals surface area (Å²) < 4.78 is 5.69. The SMILES string of the molecule is CC(C)(C)OC(=O)N1c2ccccc2CC[C@@H]1c1nc2c(C(N)=O)cccc2[nH]1. The number of hydrogen-bond donors (Lipinski definition) is 2. The summed E-state index contributed by atoms with van der Waals surface area (Å²) in [6, 6.07) is 12.7. The van der Waals surface area contributed by atoms with Gasteiger partial charge in [0.2, 0.25) is 0 Å². The fourth-order valence-corrected chi connectivity index (χ4v) is 3.75. The van der Waals surface area contributed by atoms with Crippen LogP contribution in [0, 0.1) is 0 Å². The minimum Gasteiger partial charge on any atom is -0.443 e. The number of H-pyrrole nitrogens is 1. The van der Waals surface area contributed by atoms with Gasteiger partial charge in [-0.1, -0.05) is 24.3 Å². The zero-order valence-corrected chi connectivity index (χ0v) is 16.7. The van der Waals surface area contributed by atoms with Crippen molar-refractivity contribution in [3.8, 4) is 0 Å². The highest BCUT2D eigenvalue weighted by atomic mass is 16.6. The molecule has 2 heterocycles. The van der Waals surface area contributed by atoms with Gasteiger partial charge >= 0.3 is 6.09 Å². The number of carbonyl (C=O) groups excluding carboxylic acids is 2. The van der Waals surface area contributed by atoms with Crippen molar-refractivity contribution in [1.29, 1.82) is 0 Å². The van der Waals surface area contributed by atoms with Crippen LogP contribution in [0.3, 0.4) is 0 Å². The van der Waals surface area contributed by atoms with E-state index in [4.69, 9.17) is 10.5 Å². The first-order valence-corrected chi connectivity index (χ1v) is 9.63. The van der Waals surface area contributed by atoms with E-state index >= 15 is 0 Å². The molecule has 0 bridgehead atoms. The number of aryl methyl sites for hydroxylation is 1. The predicted octanol–water partition coefficient (Wildman–Crippen LogP) is 4.09. The lowest BCUT2D eigenvalue weighted by Crippen LogP contribution is -2.42. The normalized spacial score (nSPS) is 16.5. The van der Waals surface area contributed by atoms with Gasteiger partial charge in [-0.15, -0.1) is 0 Å². The number of nitrogens with one attached hydrogen (secondary N) is 1. The van der Waals surface area contributed by atoms with E-state index in [9.17, 15) is 9.59 Å². The fourth-order valence-electron chi connectivity index (χ4n) is 3.75. The average molecular weight is 392 g/mol. The molecule has 3 N–H and O–H groups in total. The number of nitrogens with zero attached hydrogens (tertiary/aromatic N) is 2. The van der Waals surface area contributed by atoms with Gasteiger partial charge in [-0.3, -0.25) is 9.69 Å². The maximum atomic E-state index is 13.1. The summed E-state index contributed by atoms with van der Waals surface area (Å²) in [6.45, 7) is 5.53. The summed E-state index contributed by atoms with van der Waals surface area (Å²) in [5.41, 5.74) is 8.35. The van der Waals surface area contributed by atoms with Crippen LogP contribution in [0.1, 0.15) is 55.0 Å². The second-order valence-corrected chi connectivity index (χ2v) is 8.22. The van der Waals surface area contributed by atoms with Crippen molar-refractivity contribution in [1.82, 2.24) is 9.97 Å². The molecule has 29 heavy (non-hydrogen) atoms. The Kier molecular flexibility index (Phi) is 4.53. The minimum absolute atomic E-state index is 0.340. The van der Waals surface area contributed by atoms with Crippen LogP contribution in [0.25, 0.3) is 11.0 Å². The Morgan fingerprint density at radius 3 is 2.66 bits per heavy atom. The standard InChI is InChI=1S/C22H24N4O3/c1-22(2,3)29-21(28)26-16-10-5-4-7-13(16)11-12-17(26)20-24-15-9-6-8-14(19(23)27)18(15)25-20/h4-10,17H,11-12H2,1-3H3,(H2,23,27)(H,24,25)/t17-/m1/s1. The molecule has 0 saturated carbocycles. The van der Waals surface area contributed by atoms with Gasteiger partial charge < -0.3 is 15.5 Å². The Balaban J connectivity index is 1.81. The topological polar surface area (TPSA) is 101 Å². The molecule has 1 aromatic heterocycles. The van der Waals surface area contributed by atoms with E-state index in [1.54, 1.807) is 17.0 Å². The third-order valence-corrected chi connectivity index (χ3v) is 4.95. The monoisotopic (exact) mass is 392 g/mol. The second kappa shape index (κ2) is 6.92. The number of hydrogen-bond acceptors (Lipinski definition) is 4. The molecule has 0 spiro atoms. The molecule has 7 heteroatoms. The van der Waals surface area contributed by atoms with Gasteiger partial charge in [-0.05, 0) is 57.4 Å². The number of primary amides is 1. The van der Waals surface area contributed by atoms with E-state index in [2.05, 4.69) is 9.97 Å². The smallest absolute Gasteiger partial charge is 0.415 e. The second-order valence-electron chi connectivity index (χ2n) is 8.22. The highest BCUT2D eigenvalue weighted by molar-refractivity contribution is 6.04. The fraction of sp³-hybridized carbons (Fsp3) is 0.318. The zero-order valence-electron chi connectivity index (χ0n) is 16.7. The molecule has 7 nitrogen and oxygen atoms in total. The predicted molar refractivity (Wildman–Crippen MR) is 111 cm³/mol. The first-order chi connectivity index (χ1) is 13.7. The highest BCUT2D eigenvalue weighted by Crippen LogP contribution is 2.39. The molecule has 2 amide bonds. The maximum Gasteiger partial charge on any atom is 0.415 e. The quantitative estimate of drug-likeness (QED) is 0.686. The third-order valence-electron chi connectivity index (χ3n) is 4.95. The van der Waals surface area contributed by atoms with E-state index in [0.717, 1.165) is 17.7 Å². The van der Waals surface area contributed by atoms with Gasteiger partial charge in [-0.2, -0.15) is 0 Å². The van der Waals surface area contributed by atoms with Crippen molar-refractivity contribution in [3.05, 3.63) is 59.4 Å². The van der Waals surface area contributed by atoms with Crippen LogP contribution < -0.4 is 10.6 Å². The molecule has 0 radical (unpaired) electrons. The van der Waals surface area contributed by atoms with Crippen molar-refractivity contribution >= 4 is 28.7 Å². The molecule has 0 aliphatic carbocycles. The molecule has 0 unspecified atom stereocenters. The van der Waals surface area contributed by atoms with Crippen molar-refractivity contribution in [2.75, 3.05) is 4.90 Å². The van der Waals surface area contributed by atoms with Gasteiger partial charge in [0.1, 0.15) is 16.9 Å². The van der Waals surface area contributed by atoms with Crippen LogP contribution in [-0.2, 0) is 11.2 Å². The molecule has 1 aliphatic rings. The van der Waals surface area contributed by atoms with Crippen molar-refractivity contribution in [2.45, 2.75) is 45.3 Å². The lowest BCUT2D eigenvalue weighted by molar-refractivity contribution is 0.0558. The zero-order chi connectivity index (χ0) is 20.8. The van der Waals surface area contributed by atoms with Crippen LogP contribution >= 0.6 is 0 Å². The number of aromatic amines is 1. The molecule has 150 valence electrons. The van der Waals surface area contributed by atoms with Gasteiger partial charge in [0.15, 0.2) is 0 Å². The molecule has 4 rings (SSSR count). The molecule has 1 atom stereocenters. The van der Waals surface area contributed by atoms with E-state index in [0.29, 0.717) is 28.8 Å². The number of nitrogens with two attached hydrogens (primary N) is 1. The number of ether oxygens (including phenoxy) is 1. The summed E-state index contributed by atoms with van der Waals surface area (Å²) >= 11 is 0. The summed E-state index contributed by atoms with van der Waals surface area (Å²) in [7, 11) is 0. The number of imidazole rings is 1. The first-order valence-electron chi connectivity index (χ1n) is 9.63. The lowest BCUT2D eigenvalue weighted by atomic mass is 9.95. The molecule has 0 fully saturated rings. The molecule has 3 aromatic rings. The van der Waals surface area contributed by atoms with Crippen LogP contribution in [0.2, 0.25) is 0 Å². The molecular weight excluding hydrogens is 368 g/mol. The third kappa shape index (κ3) is 3.55. The summed E-state index contributed by atoms with van der Waals surface area (Å²) in [4.78, 5) is 34.5. The molecule has 1 aliphatic heterocycles. The van der Waals surface area contributed by atoms with Crippen molar-refractivity contribution in [3.63, 3.8) is 0 Å². The Labute approximate surface area is 168 Å². The number of anilines is 1. The van der Waals surface area contributed by atoms with Gasteiger partial charge in [0, 0.05) is 0 Å². The van der Waals surface area contributed by atoms with Crippen LogP contribution in [0.4, 0.5) is 10.5 Å².